The van der Waals surface area contributed by atoms with Crippen LogP contribution in [0.15, 0.2) is 24.3 Å². The number of ether oxygens (including phenoxy) is 2. The van der Waals surface area contributed by atoms with Gasteiger partial charge in [-0.1, -0.05) is 147 Å². The minimum absolute atomic E-state index is 0.0662. The Bertz CT molecular complexity index is 554. The van der Waals surface area contributed by atoms with Crippen molar-refractivity contribution in [3.8, 4) is 0 Å². The number of carbonyl (C=O) groups is 1. The van der Waals surface area contributed by atoms with Crippen LogP contribution >= 0.6 is 0 Å². The molecule has 3 nitrogen and oxygen atoms in total. The first-order chi connectivity index (χ1) is 20.3. The molecule has 0 heterocycles. The largest absolute Gasteiger partial charge is 0.463 e. The van der Waals surface area contributed by atoms with Gasteiger partial charge in [0, 0.05) is 13.0 Å². The van der Waals surface area contributed by atoms with Crippen molar-refractivity contribution >= 4 is 5.97 Å². The third-order valence-corrected chi connectivity index (χ3v) is 7.93. The van der Waals surface area contributed by atoms with E-state index < -0.39 is 0 Å². The van der Waals surface area contributed by atoms with Crippen LogP contribution in [0, 0.1) is 0 Å². The van der Waals surface area contributed by atoms with Crippen molar-refractivity contribution in [1.82, 2.24) is 0 Å². The van der Waals surface area contributed by atoms with Crippen LogP contribution in [-0.4, -0.2) is 25.8 Å². The smallest absolute Gasteiger partial charge is 0.305 e. The maximum absolute atomic E-state index is 11.9. The molecule has 0 saturated heterocycles. The highest BCUT2D eigenvalue weighted by atomic mass is 16.6. The van der Waals surface area contributed by atoms with Crippen molar-refractivity contribution in [3.63, 3.8) is 0 Å². The minimum atomic E-state index is -0.0662. The molecule has 0 amide bonds. The number of unbranched alkanes of at least 4 members (excludes halogenated alkanes) is 23. The van der Waals surface area contributed by atoms with E-state index in [1.165, 1.54) is 154 Å². The molecule has 242 valence electrons. The van der Waals surface area contributed by atoms with Crippen LogP contribution in [-0.2, 0) is 14.3 Å². The van der Waals surface area contributed by atoms with Gasteiger partial charge in [0.15, 0.2) is 0 Å². The molecule has 0 spiro atoms. The van der Waals surface area contributed by atoms with E-state index in [9.17, 15) is 4.79 Å². The molecule has 41 heavy (non-hydrogen) atoms. The van der Waals surface area contributed by atoms with E-state index in [0.29, 0.717) is 19.6 Å². The first-order valence-corrected chi connectivity index (χ1v) is 18.3. The average Bonchev–Trinajstić information content (AvgIpc) is 2.98. The zero-order valence-corrected chi connectivity index (χ0v) is 28.0. The second-order valence-electron chi connectivity index (χ2n) is 12.1. The van der Waals surface area contributed by atoms with Crippen molar-refractivity contribution in [2.45, 2.75) is 194 Å². The number of hydrogen-bond acceptors (Lipinski definition) is 3. The standard InChI is InChI=1S/C38H72O3/c1-3-5-7-9-11-13-15-17-19-21-23-25-27-29-31-33-35-40-36-37-41-38(39)34-32-30-28-26-24-22-20-18-16-14-12-10-8-6-4-2/h17-20H,3-16,21-37H2,1-2H3/b19-17-,20-18-. The van der Waals surface area contributed by atoms with Gasteiger partial charge in [-0.2, -0.15) is 0 Å². The molecule has 0 aliphatic rings. The second-order valence-corrected chi connectivity index (χ2v) is 12.1. The quantitative estimate of drug-likeness (QED) is 0.0434. The van der Waals surface area contributed by atoms with E-state index in [-0.39, 0.29) is 5.97 Å². The summed E-state index contributed by atoms with van der Waals surface area (Å²) in [6.07, 6.45) is 45.1. The Morgan fingerprint density at radius 3 is 1.22 bits per heavy atom. The van der Waals surface area contributed by atoms with E-state index in [4.69, 9.17) is 9.47 Å². The van der Waals surface area contributed by atoms with Crippen LogP contribution < -0.4 is 0 Å². The van der Waals surface area contributed by atoms with Crippen LogP contribution in [0.5, 0.6) is 0 Å². The highest BCUT2D eigenvalue weighted by Crippen LogP contribution is 2.12. The predicted octanol–water partition coefficient (Wildman–Crippen LogP) is 12.6. The summed E-state index contributed by atoms with van der Waals surface area (Å²) in [6.45, 7) is 6.27. The fourth-order valence-electron chi connectivity index (χ4n) is 5.18. The minimum Gasteiger partial charge on any atom is -0.463 e. The summed E-state index contributed by atoms with van der Waals surface area (Å²) in [6, 6.07) is 0. The Morgan fingerprint density at radius 1 is 0.415 bits per heavy atom. The Hall–Kier alpha value is -1.09. The van der Waals surface area contributed by atoms with Gasteiger partial charge in [0.1, 0.15) is 6.61 Å². The molecular formula is C38H72O3. The molecule has 0 radical (unpaired) electrons. The molecule has 0 saturated carbocycles. The predicted molar refractivity (Wildman–Crippen MR) is 181 cm³/mol. The fourth-order valence-corrected chi connectivity index (χ4v) is 5.18. The molecule has 0 aliphatic carbocycles. The first kappa shape index (κ1) is 39.9. The zero-order chi connectivity index (χ0) is 29.7. The molecule has 0 aromatic carbocycles. The normalized spacial score (nSPS) is 11.8. The number of carbonyl (C=O) groups excluding carboxylic acids is 1. The lowest BCUT2D eigenvalue weighted by Crippen LogP contribution is -2.10. The van der Waals surface area contributed by atoms with Gasteiger partial charge in [-0.3, -0.25) is 4.79 Å². The highest BCUT2D eigenvalue weighted by molar-refractivity contribution is 5.69. The van der Waals surface area contributed by atoms with Gasteiger partial charge in [0.05, 0.1) is 6.61 Å². The molecule has 0 atom stereocenters. The van der Waals surface area contributed by atoms with Crippen molar-refractivity contribution < 1.29 is 14.3 Å². The van der Waals surface area contributed by atoms with Crippen LogP contribution in [0.3, 0.4) is 0 Å². The Morgan fingerprint density at radius 2 is 0.780 bits per heavy atom. The molecule has 0 rings (SSSR count). The third kappa shape index (κ3) is 36.9. The molecule has 3 heteroatoms. The second kappa shape index (κ2) is 36.9. The highest BCUT2D eigenvalue weighted by Gasteiger charge is 2.02. The Kier molecular flexibility index (Phi) is 36.0. The zero-order valence-electron chi connectivity index (χ0n) is 28.0. The molecule has 0 bridgehead atoms. The summed E-state index contributed by atoms with van der Waals surface area (Å²) >= 11 is 0. The molecule has 0 N–H and O–H groups in total. The third-order valence-electron chi connectivity index (χ3n) is 7.93. The van der Waals surface area contributed by atoms with Crippen molar-refractivity contribution in [2.24, 2.45) is 0 Å². The van der Waals surface area contributed by atoms with E-state index in [1.54, 1.807) is 0 Å². The summed E-state index contributed by atoms with van der Waals surface area (Å²) < 4.78 is 11.0. The van der Waals surface area contributed by atoms with Gasteiger partial charge in [-0.05, 0) is 64.2 Å². The summed E-state index contributed by atoms with van der Waals surface area (Å²) in [5.74, 6) is -0.0662. The van der Waals surface area contributed by atoms with Crippen LogP contribution in [0.25, 0.3) is 0 Å². The van der Waals surface area contributed by atoms with E-state index in [1.807, 2.05) is 0 Å². The van der Waals surface area contributed by atoms with Gasteiger partial charge < -0.3 is 9.47 Å². The summed E-state index contributed by atoms with van der Waals surface area (Å²) in [5.41, 5.74) is 0. The van der Waals surface area contributed by atoms with Crippen molar-refractivity contribution in [2.75, 3.05) is 19.8 Å². The summed E-state index contributed by atoms with van der Waals surface area (Å²) in [7, 11) is 0. The summed E-state index contributed by atoms with van der Waals surface area (Å²) in [5, 5.41) is 0. The molecular weight excluding hydrogens is 504 g/mol. The van der Waals surface area contributed by atoms with Gasteiger partial charge in [-0.25, -0.2) is 0 Å². The maximum atomic E-state index is 11.9. The molecule has 0 unspecified atom stereocenters. The monoisotopic (exact) mass is 577 g/mol. The topological polar surface area (TPSA) is 35.5 Å². The van der Waals surface area contributed by atoms with Gasteiger partial charge in [0.2, 0.25) is 0 Å². The molecule has 0 aromatic rings. The van der Waals surface area contributed by atoms with Gasteiger partial charge >= 0.3 is 5.97 Å². The van der Waals surface area contributed by atoms with E-state index in [2.05, 4.69) is 38.2 Å². The molecule has 0 aromatic heterocycles. The Labute approximate surface area is 257 Å². The number of esters is 1. The van der Waals surface area contributed by atoms with Gasteiger partial charge in [0.25, 0.3) is 0 Å². The lowest BCUT2D eigenvalue weighted by Gasteiger charge is -2.06. The SMILES string of the molecule is CCCCCCCC/C=C\CCCCCCCCOCCOC(=O)CCCCCCC/C=C\CCCCCCCC. The number of allylic oxidation sites excluding steroid dienone is 4. The molecule has 0 fully saturated rings. The van der Waals surface area contributed by atoms with Crippen LogP contribution in [0.4, 0.5) is 0 Å². The van der Waals surface area contributed by atoms with Crippen LogP contribution in [0.1, 0.15) is 194 Å². The number of rotatable bonds is 34. The lowest BCUT2D eigenvalue weighted by molar-refractivity contribution is -0.145. The van der Waals surface area contributed by atoms with Gasteiger partial charge in [-0.15, -0.1) is 0 Å². The fraction of sp³-hybridized carbons (Fsp3) is 0.868. The Balaban J connectivity index is 3.21. The van der Waals surface area contributed by atoms with Crippen molar-refractivity contribution in [1.29, 1.82) is 0 Å². The summed E-state index contributed by atoms with van der Waals surface area (Å²) in [4.78, 5) is 11.9. The van der Waals surface area contributed by atoms with E-state index in [0.717, 1.165) is 25.9 Å². The number of hydrogen-bond donors (Lipinski definition) is 0. The van der Waals surface area contributed by atoms with Crippen molar-refractivity contribution in [3.05, 3.63) is 24.3 Å². The van der Waals surface area contributed by atoms with E-state index >= 15 is 0 Å². The average molecular weight is 577 g/mol. The van der Waals surface area contributed by atoms with Crippen LogP contribution in [0.2, 0.25) is 0 Å². The molecule has 0 aliphatic heterocycles. The maximum Gasteiger partial charge on any atom is 0.305 e. The first-order valence-electron chi connectivity index (χ1n) is 18.3. The lowest BCUT2D eigenvalue weighted by atomic mass is 10.1.